The molecule has 0 amide bonds. The third-order valence-electron chi connectivity index (χ3n) is 2.89. The number of nitrogens with zero attached hydrogens (tertiary/aromatic N) is 1. The molecular formula is C14H15NO2. The van der Waals surface area contributed by atoms with Gasteiger partial charge in [0.2, 0.25) is 0 Å². The second-order valence-corrected chi connectivity index (χ2v) is 4.11. The van der Waals surface area contributed by atoms with E-state index < -0.39 is 5.97 Å². The summed E-state index contributed by atoms with van der Waals surface area (Å²) >= 11 is 0. The van der Waals surface area contributed by atoms with Crippen LogP contribution in [-0.2, 0) is 6.42 Å². The standard InChI is InChI=1S/C14H15NO2/c1-2-3-5-10-8-15-9-11-6-4-7-12(13(10)11)14(16)17/h4,6-9H,2-3,5H2,1H3,(H,16,17). The third-order valence-corrected chi connectivity index (χ3v) is 2.89. The van der Waals surface area contributed by atoms with Crippen LogP contribution in [0.1, 0.15) is 35.7 Å². The van der Waals surface area contributed by atoms with E-state index in [4.69, 9.17) is 0 Å². The van der Waals surface area contributed by atoms with Crippen LogP contribution in [0.25, 0.3) is 10.8 Å². The molecule has 1 aromatic carbocycles. The van der Waals surface area contributed by atoms with Gasteiger partial charge in [-0.15, -0.1) is 0 Å². The smallest absolute Gasteiger partial charge is 0.336 e. The predicted molar refractivity (Wildman–Crippen MR) is 67.3 cm³/mol. The van der Waals surface area contributed by atoms with Crippen molar-refractivity contribution in [1.82, 2.24) is 4.98 Å². The Morgan fingerprint density at radius 1 is 1.35 bits per heavy atom. The summed E-state index contributed by atoms with van der Waals surface area (Å²) in [7, 11) is 0. The minimum absolute atomic E-state index is 0.371. The Bertz CT molecular complexity index is 544. The summed E-state index contributed by atoms with van der Waals surface area (Å²) in [6, 6.07) is 5.32. The van der Waals surface area contributed by atoms with Crippen LogP contribution in [0.2, 0.25) is 0 Å². The van der Waals surface area contributed by atoms with Gasteiger partial charge >= 0.3 is 5.97 Å². The minimum atomic E-state index is -0.875. The van der Waals surface area contributed by atoms with Crippen LogP contribution >= 0.6 is 0 Å². The second kappa shape index (κ2) is 4.95. The van der Waals surface area contributed by atoms with Gasteiger partial charge in [-0.05, 0) is 24.5 Å². The van der Waals surface area contributed by atoms with Crippen LogP contribution < -0.4 is 0 Å². The largest absolute Gasteiger partial charge is 0.478 e. The van der Waals surface area contributed by atoms with Crippen molar-refractivity contribution in [3.8, 4) is 0 Å². The number of carbonyl (C=O) groups is 1. The SMILES string of the molecule is CCCCc1cncc2cccc(C(=O)O)c12. The first kappa shape index (κ1) is 11.6. The van der Waals surface area contributed by atoms with E-state index in [0.717, 1.165) is 35.6 Å². The van der Waals surface area contributed by atoms with Gasteiger partial charge in [0, 0.05) is 23.2 Å². The molecule has 0 aliphatic heterocycles. The average molecular weight is 229 g/mol. The molecule has 0 fully saturated rings. The van der Waals surface area contributed by atoms with Crippen molar-refractivity contribution < 1.29 is 9.90 Å². The number of aryl methyl sites for hydroxylation is 1. The third kappa shape index (κ3) is 2.28. The lowest BCUT2D eigenvalue weighted by Crippen LogP contribution is -2.00. The first-order valence-corrected chi connectivity index (χ1v) is 5.83. The van der Waals surface area contributed by atoms with Gasteiger partial charge in [-0.25, -0.2) is 4.79 Å². The highest BCUT2D eigenvalue weighted by molar-refractivity contribution is 6.04. The van der Waals surface area contributed by atoms with Crippen LogP contribution in [0.4, 0.5) is 0 Å². The van der Waals surface area contributed by atoms with E-state index in [9.17, 15) is 9.90 Å². The molecular weight excluding hydrogens is 214 g/mol. The predicted octanol–water partition coefficient (Wildman–Crippen LogP) is 3.28. The molecule has 0 aliphatic rings. The van der Waals surface area contributed by atoms with Crippen molar-refractivity contribution in [3.63, 3.8) is 0 Å². The van der Waals surface area contributed by atoms with Crippen molar-refractivity contribution in [2.45, 2.75) is 26.2 Å². The van der Waals surface area contributed by atoms with E-state index in [-0.39, 0.29) is 0 Å². The van der Waals surface area contributed by atoms with Crippen molar-refractivity contribution in [2.24, 2.45) is 0 Å². The lowest BCUT2D eigenvalue weighted by Gasteiger charge is -2.08. The summed E-state index contributed by atoms with van der Waals surface area (Å²) in [4.78, 5) is 15.4. The zero-order valence-corrected chi connectivity index (χ0v) is 9.81. The molecule has 0 spiro atoms. The maximum atomic E-state index is 11.2. The average Bonchev–Trinajstić information content (AvgIpc) is 2.35. The van der Waals surface area contributed by atoms with Gasteiger partial charge in [0.05, 0.1) is 5.56 Å². The summed E-state index contributed by atoms with van der Waals surface area (Å²) < 4.78 is 0. The summed E-state index contributed by atoms with van der Waals surface area (Å²) in [5, 5.41) is 11.0. The molecule has 3 heteroatoms. The van der Waals surface area contributed by atoms with Gasteiger partial charge in [-0.1, -0.05) is 25.5 Å². The van der Waals surface area contributed by atoms with Crippen LogP contribution in [0, 0.1) is 0 Å². The Labute approximate surface area is 100 Å². The van der Waals surface area contributed by atoms with Crippen LogP contribution in [-0.4, -0.2) is 16.1 Å². The Kier molecular flexibility index (Phi) is 3.38. The first-order valence-electron chi connectivity index (χ1n) is 5.83. The molecule has 2 rings (SSSR count). The van der Waals surface area contributed by atoms with Gasteiger partial charge in [-0.2, -0.15) is 0 Å². The van der Waals surface area contributed by atoms with Gasteiger partial charge in [-0.3, -0.25) is 4.98 Å². The molecule has 1 aromatic heterocycles. The van der Waals surface area contributed by atoms with E-state index in [1.807, 2.05) is 6.07 Å². The molecule has 0 radical (unpaired) electrons. The lowest BCUT2D eigenvalue weighted by atomic mass is 9.98. The van der Waals surface area contributed by atoms with Gasteiger partial charge in [0.1, 0.15) is 0 Å². The number of aromatic carboxylic acids is 1. The lowest BCUT2D eigenvalue weighted by molar-refractivity contribution is 0.0699. The number of rotatable bonds is 4. The topological polar surface area (TPSA) is 50.2 Å². The van der Waals surface area contributed by atoms with E-state index in [0.29, 0.717) is 5.56 Å². The van der Waals surface area contributed by atoms with Crippen LogP contribution in [0.3, 0.4) is 0 Å². The zero-order chi connectivity index (χ0) is 12.3. The van der Waals surface area contributed by atoms with Crippen molar-refractivity contribution in [3.05, 3.63) is 41.7 Å². The number of benzene rings is 1. The number of fused-ring (bicyclic) bond motifs is 1. The van der Waals surface area contributed by atoms with E-state index in [1.54, 1.807) is 24.5 Å². The van der Waals surface area contributed by atoms with Crippen LogP contribution in [0.15, 0.2) is 30.6 Å². The van der Waals surface area contributed by atoms with Gasteiger partial charge < -0.3 is 5.11 Å². The monoisotopic (exact) mass is 229 g/mol. The van der Waals surface area contributed by atoms with Crippen molar-refractivity contribution in [2.75, 3.05) is 0 Å². The maximum absolute atomic E-state index is 11.2. The molecule has 1 heterocycles. The molecule has 1 N–H and O–H groups in total. The molecule has 0 bridgehead atoms. The maximum Gasteiger partial charge on any atom is 0.336 e. The van der Waals surface area contributed by atoms with E-state index in [2.05, 4.69) is 11.9 Å². The highest BCUT2D eigenvalue weighted by Crippen LogP contribution is 2.23. The number of aromatic nitrogens is 1. The second-order valence-electron chi connectivity index (χ2n) is 4.11. The molecule has 0 atom stereocenters. The number of hydrogen-bond donors (Lipinski definition) is 1. The normalized spacial score (nSPS) is 10.6. The Balaban J connectivity index is 2.62. The fourth-order valence-corrected chi connectivity index (χ4v) is 2.04. The molecule has 88 valence electrons. The molecule has 0 saturated heterocycles. The highest BCUT2D eigenvalue weighted by Gasteiger charge is 2.11. The number of unbranched alkanes of at least 4 members (excludes halogenated alkanes) is 1. The fraction of sp³-hybridized carbons (Fsp3) is 0.286. The minimum Gasteiger partial charge on any atom is -0.478 e. The van der Waals surface area contributed by atoms with E-state index >= 15 is 0 Å². The first-order chi connectivity index (χ1) is 8.24. The van der Waals surface area contributed by atoms with E-state index in [1.165, 1.54) is 0 Å². The van der Waals surface area contributed by atoms with Crippen molar-refractivity contribution >= 4 is 16.7 Å². The zero-order valence-electron chi connectivity index (χ0n) is 9.81. The van der Waals surface area contributed by atoms with Gasteiger partial charge in [0.25, 0.3) is 0 Å². The Hall–Kier alpha value is -1.90. The molecule has 0 saturated carbocycles. The quantitative estimate of drug-likeness (QED) is 0.875. The molecule has 0 aliphatic carbocycles. The van der Waals surface area contributed by atoms with Gasteiger partial charge in [0.15, 0.2) is 0 Å². The number of carboxylic acid groups (broad SMARTS) is 1. The Morgan fingerprint density at radius 3 is 2.88 bits per heavy atom. The molecule has 0 unspecified atom stereocenters. The Morgan fingerprint density at radius 2 is 2.18 bits per heavy atom. The van der Waals surface area contributed by atoms with Crippen LogP contribution in [0.5, 0.6) is 0 Å². The number of pyridine rings is 1. The molecule has 2 aromatic rings. The summed E-state index contributed by atoms with van der Waals surface area (Å²) in [6.07, 6.45) is 6.52. The number of hydrogen-bond acceptors (Lipinski definition) is 2. The summed E-state index contributed by atoms with van der Waals surface area (Å²) in [6.45, 7) is 2.12. The number of carboxylic acids is 1. The molecule has 17 heavy (non-hydrogen) atoms. The van der Waals surface area contributed by atoms with Crippen molar-refractivity contribution in [1.29, 1.82) is 0 Å². The summed E-state index contributed by atoms with van der Waals surface area (Å²) in [5.74, 6) is -0.875. The highest BCUT2D eigenvalue weighted by atomic mass is 16.4. The molecule has 3 nitrogen and oxygen atoms in total. The summed E-state index contributed by atoms with van der Waals surface area (Å²) in [5.41, 5.74) is 1.40. The fourth-order valence-electron chi connectivity index (χ4n) is 2.04.